The number of amides is 1. The maximum absolute atomic E-state index is 12.4. The van der Waals surface area contributed by atoms with Crippen LogP contribution in [-0.4, -0.2) is 21.9 Å². The summed E-state index contributed by atoms with van der Waals surface area (Å²) in [6.45, 7) is 8.23. The van der Waals surface area contributed by atoms with Crippen molar-refractivity contribution in [3.8, 4) is 0 Å². The number of aryl methyl sites for hydroxylation is 2. The fourth-order valence-electron chi connectivity index (χ4n) is 2.25. The van der Waals surface area contributed by atoms with Crippen LogP contribution in [0.3, 0.4) is 0 Å². The number of carbonyl (C=O) groups excluding carboxylic acids is 1. The van der Waals surface area contributed by atoms with Crippen molar-refractivity contribution in [2.75, 3.05) is 10.6 Å². The molecule has 1 atom stereocenters. The Balaban J connectivity index is 2.12. The summed E-state index contributed by atoms with van der Waals surface area (Å²) in [4.78, 5) is 20.9. The molecule has 0 aliphatic heterocycles. The van der Waals surface area contributed by atoms with Crippen molar-refractivity contribution in [1.29, 1.82) is 0 Å². The highest BCUT2D eigenvalue weighted by atomic mass is 16.1. The number of hydrogen-bond donors (Lipinski definition) is 2. The van der Waals surface area contributed by atoms with Gasteiger partial charge in [0, 0.05) is 11.7 Å². The van der Waals surface area contributed by atoms with E-state index in [4.69, 9.17) is 0 Å². The summed E-state index contributed by atoms with van der Waals surface area (Å²) in [5.74, 6) is 0.442. The third-order valence-electron chi connectivity index (χ3n) is 3.87. The van der Waals surface area contributed by atoms with Gasteiger partial charge in [-0.25, -0.2) is 9.97 Å². The van der Waals surface area contributed by atoms with Gasteiger partial charge in [0.1, 0.15) is 11.5 Å². The van der Waals surface area contributed by atoms with Crippen molar-refractivity contribution < 1.29 is 4.79 Å². The highest BCUT2D eigenvalue weighted by Crippen LogP contribution is 2.21. The first-order valence-electron chi connectivity index (χ1n) is 8.03. The van der Waals surface area contributed by atoms with Crippen LogP contribution in [0, 0.1) is 6.92 Å². The molecule has 1 aromatic heterocycles. The standard InChI is InChI=1S/C18H24N4O/c1-5-13(4)21-16-11-19-15(10-20-16)18(23)22-17-12(3)8-7-9-14(17)6-2/h7-11,13H,5-6H2,1-4H3,(H,20,21)(H,22,23). The molecule has 23 heavy (non-hydrogen) atoms. The molecule has 0 saturated heterocycles. The Morgan fingerprint density at radius 2 is 2.00 bits per heavy atom. The molecule has 2 rings (SSSR count). The van der Waals surface area contributed by atoms with Crippen LogP contribution in [0.25, 0.3) is 0 Å². The quantitative estimate of drug-likeness (QED) is 0.851. The molecular weight excluding hydrogens is 288 g/mol. The van der Waals surface area contributed by atoms with E-state index in [0.717, 1.165) is 29.7 Å². The Kier molecular flexibility index (Phi) is 5.68. The second-order valence-electron chi connectivity index (χ2n) is 5.66. The number of para-hydroxylation sites is 1. The highest BCUT2D eigenvalue weighted by Gasteiger charge is 2.12. The Morgan fingerprint density at radius 3 is 2.61 bits per heavy atom. The van der Waals surface area contributed by atoms with E-state index in [-0.39, 0.29) is 5.91 Å². The molecule has 1 aromatic carbocycles. The van der Waals surface area contributed by atoms with Gasteiger partial charge in [-0.1, -0.05) is 32.0 Å². The smallest absolute Gasteiger partial charge is 0.275 e. The average Bonchev–Trinajstić information content (AvgIpc) is 2.57. The molecule has 0 spiro atoms. The fraction of sp³-hybridized carbons (Fsp3) is 0.389. The van der Waals surface area contributed by atoms with Crippen LogP contribution in [0.15, 0.2) is 30.6 Å². The Bertz CT molecular complexity index is 667. The molecule has 0 saturated carbocycles. The van der Waals surface area contributed by atoms with Crippen LogP contribution in [-0.2, 0) is 6.42 Å². The fourth-order valence-corrected chi connectivity index (χ4v) is 2.25. The predicted octanol–water partition coefficient (Wildman–Crippen LogP) is 3.81. The Labute approximate surface area is 137 Å². The van der Waals surface area contributed by atoms with Gasteiger partial charge in [-0.3, -0.25) is 4.79 Å². The lowest BCUT2D eigenvalue weighted by atomic mass is 10.1. The third-order valence-corrected chi connectivity index (χ3v) is 3.87. The van der Waals surface area contributed by atoms with Gasteiger partial charge < -0.3 is 10.6 Å². The first-order chi connectivity index (χ1) is 11.0. The number of rotatable bonds is 6. The van der Waals surface area contributed by atoms with Crippen molar-refractivity contribution in [2.45, 2.75) is 46.6 Å². The largest absolute Gasteiger partial charge is 0.366 e. The molecule has 5 heteroatoms. The van der Waals surface area contributed by atoms with Gasteiger partial charge in [-0.2, -0.15) is 0 Å². The lowest BCUT2D eigenvalue weighted by molar-refractivity contribution is 0.102. The highest BCUT2D eigenvalue weighted by molar-refractivity contribution is 6.03. The van der Waals surface area contributed by atoms with Gasteiger partial charge in [0.05, 0.1) is 12.4 Å². The zero-order chi connectivity index (χ0) is 16.8. The van der Waals surface area contributed by atoms with Crippen molar-refractivity contribution in [3.63, 3.8) is 0 Å². The first kappa shape index (κ1) is 16.9. The van der Waals surface area contributed by atoms with Gasteiger partial charge in [0.25, 0.3) is 5.91 Å². The lowest BCUT2D eigenvalue weighted by Crippen LogP contribution is -2.18. The number of anilines is 2. The molecule has 122 valence electrons. The van der Waals surface area contributed by atoms with Crippen LogP contribution in [0.2, 0.25) is 0 Å². The zero-order valence-electron chi connectivity index (χ0n) is 14.2. The Morgan fingerprint density at radius 1 is 1.22 bits per heavy atom. The summed E-state index contributed by atoms with van der Waals surface area (Å²) in [5.41, 5.74) is 3.33. The molecule has 0 radical (unpaired) electrons. The van der Waals surface area contributed by atoms with Gasteiger partial charge >= 0.3 is 0 Å². The second-order valence-corrected chi connectivity index (χ2v) is 5.66. The summed E-state index contributed by atoms with van der Waals surface area (Å²) < 4.78 is 0. The minimum Gasteiger partial charge on any atom is -0.366 e. The molecule has 0 aliphatic rings. The van der Waals surface area contributed by atoms with Crippen molar-refractivity contribution >= 4 is 17.4 Å². The lowest BCUT2D eigenvalue weighted by Gasteiger charge is -2.13. The van der Waals surface area contributed by atoms with Gasteiger partial charge in [-0.15, -0.1) is 0 Å². The Hall–Kier alpha value is -2.43. The number of benzene rings is 1. The average molecular weight is 312 g/mol. The van der Waals surface area contributed by atoms with Crippen molar-refractivity contribution in [1.82, 2.24) is 9.97 Å². The summed E-state index contributed by atoms with van der Waals surface area (Å²) in [7, 11) is 0. The van der Waals surface area contributed by atoms with Crippen LogP contribution in [0.1, 0.15) is 48.8 Å². The minimum atomic E-state index is -0.239. The number of nitrogens with zero attached hydrogens (tertiary/aromatic N) is 2. The maximum Gasteiger partial charge on any atom is 0.275 e. The van der Waals surface area contributed by atoms with Crippen LogP contribution < -0.4 is 10.6 Å². The van der Waals surface area contributed by atoms with Crippen molar-refractivity contribution in [2.24, 2.45) is 0 Å². The minimum absolute atomic E-state index is 0.239. The van der Waals surface area contributed by atoms with E-state index in [2.05, 4.69) is 41.4 Å². The van der Waals surface area contributed by atoms with Crippen molar-refractivity contribution in [3.05, 3.63) is 47.4 Å². The molecule has 0 bridgehead atoms. The predicted molar refractivity (Wildman–Crippen MR) is 93.9 cm³/mol. The van der Waals surface area contributed by atoms with E-state index in [1.807, 2.05) is 25.1 Å². The molecule has 5 nitrogen and oxygen atoms in total. The molecule has 2 aromatic rings. The van der Waals surface area contributed by atoms with Crippen LogP contribution in [0.4, 0.5) is 11.5 Å². The van der Waals surface area contributed by atoms with E-state index in [9.17, 15) is 4.79 Å². The number of nitrogens with one attached hydrogen (secondary N) is 2. The van der Waals surface area contributed by atoms with Crippen LogP contribution >= 0.6 is 0 Å². The summed E-state index contributed by atoms with van der Waals surface area (Å²) in [5, 5.41) is 6.19. The molecule has 1 amide bonds. The molecular formula is C18H24N4O. The second kappa shape index (κ2) is 7.72. The number of aromatic nitrogens is 2. The summed E-state index contributed by atoms with van der Waals surface area (Å²) >= 11 is 0. The third kappa shape index (κ3) is 4.28. The van der Waals surface area contributed by atoms with Gasteiger partial charge in [-0.05, 0) is 37.8 Å². The molecule has 2 N–H and O–H groups in total. The SMILES string of the molecule is CCc1cccc(C)c1NC(=O)c1cnc(NC(C)CC)cn1. The summed E-state index contributed by atoms with van der Waals surface area (Å²) in [6, 6.07) is 6.33. The van der Waals surface area contributed by atoms with Gasteiger partial charge in [0.2, 0.25) is 0 Å². The van der Waals surface area contributed by atoms with Crippen LogP contribution in [0.5, 0.6) is 0 Å². The zero-order valence-corrected chi connectivity index (χ0v) is 14.2. The van der Waals surface area contributed by atoms with E-state index in [1.54, 1.807) is 6.20 Å². The number of carbonyl (C=O) groups is 1. The van der Waals surface area contributed by atoms with Gasteiger partial charge in [0.15, 0.2) is 0 Å². The number of hydrogen-bond acceptors (Lipinski definition) is 4. The topological polar surface area (TPSA) is 66.9 Å². The normalized spacial score (nSPS) is 11.8. The van der Waals surface area contributed by atoms with E-state index >= 15 is 0 Å². The molecule has 1 unspecified atom stereocenters. The molecule has 0 aliphatic carbocycles. The van der Waals surface area contributed by atoms with E-state index < -0.39 is 0 Å². The summed E-state index contributed by atoms with van der Waals surface area (Å²) in [6.07, 6.45) is 4.96. The molecule has 0 fully saturated rings. The maximum atomic E-state index is 12.4. The first-order valence-corrected chi connectivity index (χ1v) is 8.03. The van der Waals surface area contributed by atoms with E-state index in [1.165, 1.54) is 6.20 Å². The molecule has 1 heterocycles. The monoisotopic (exact) mass is 312 g/mol. The van der Waals surface area contributed by atoms with E-state index in [0.29, 0.717) is 17.6 Å².